The average molecular weight is 499 g/mol. The van der Waals surface area contributed by atoms with Crippen molar-refractivity contribution in [3.8, 4) is 11.5 Å². The van der Waals surface area contributed by atoms with E-state index in [4.69, 9.17) is 34.6 Å². The second-order valence-electron chi connectivity index (χ2n) is 6.78. The summed E-state index contributed by atoms with van der Waals surface area (Å²) in [6, 6.07) is 14.9. The Morgan fingerprint density at radius 2 is 1.00 bits per heavy atom. The lowest BCUT2D eigenvalue weighted by Gasteiger charge is -2.17. The molecule has 3 aromatic carbocycles. The van der Waals surface area contributed by atoms with E-state index >= 15 is 0 Å². The molecule has 0 amide bonds. The van der Waals surface area contributed by atoms with Gasteiger partial charge in [-0.05, 0) is 60.8 Å². The summed E-state index contributed by atoms with van der Waals surface area (Å²) < 4.78 is 0. The van der Waals surface area contributed by atoms with Crippen LogP contribution in [0.4, 0.5) is 22.7 Å². The maximum atomic E-state index is 11.0. The van der Waals surface area contributed by atoms with Crippen molar-refractivity contribution in [3.63, 3.8) is 0 Å². The minimum atomic E-state index is -1.25. The predicted octanol–water partition coefficient (Wildman–Crippen LogP) is 4.11. The van der Waals surface area contributed by atoms with Gasteiger partial charge in [0.25, 0.3) is 0 Å². The summed E-state index contributed by atoms with van der Waals surface area (Å²) in [4.78, 5) is 22.0. The van der Waals surface area contributed by atoms with Gasteiger partial charge in [0.1, 0.15) is 22.6 Å². The minimum absolute atomic E-state index is 0.171. The predicted molar refractivity (Wildman–Crippen MR) is 136 cm³/mol. The zero-order chi connectivity index (χ0) is 24.8. The molecule has 8 N–H and O–H groups in total. The number of nitrogens with one attached hydrogen (secondary N) is 4. The fraction of sp³-hybridized carbons (Fsp3) is 0. The van der Waals surface area contributed by atoms with Gasteiger partial charge in [-0.15, -0.1) is 0 Å². The van der Waals surface area contributed by atoms with Gasteiger partial charge in [-0.25, -0.2) is 9.59 Å². The maximum absolute atomic E-state index is 11.0. The van der Waals surface area contributed by atoms with Gasteiger partial charge in [-0.1, -0.05) is 12.1 Å². The van der Waals surface area contributed by atoms with Gasteiger partial charge in [-0.3, -0.25) is 0 Å². The zero-order valence-corrected chi connectivity index (χ0v) is 18.8. The molecule has 0 aliphatic heterocycles. The number of rotatable bonds is 6. The van der Waals surface area contributed by atoms with Crippen molar-refractivity contribution in [2.45, 2.75) is 0 Å². The van der Waals surface area contributed by atoms with Gasteiger partial charge in [0.05, 0.1) is 11.4 Å². The Hall–Kier alpha value is -4.42. The molecule has 34 heavy (non-hydrogen) atoms. The first-order chi connectivity index (χ1) is 16.1. The molecule has 174 valence electrons. The highest BCUT2D eigenvalue weighted by Crippen LogP contribution is 2.25. The van der Waals surface area contributed by atoms with Gasteiger partial charge in [0.15, 0.2) is 10.2 Å². The van der Waals surface area contributed by atoms with E-state index in [2.05, 4.69) is 21.3 Å². The normalized spacial score (nSPS) is 10.1. The quantitative estimate of drug-likeness (QED) is 0.230. The van der Waals surface area contributed by atoms with E-state index in [0.29, 0.717) is 22.7 Å². The van der Waals surface area contributed by atoms with Crippen molar-refractivity contribution >= 4 is 69.3 Å². The molecule has 0 spiro atoms. The van der Waals surface area contributed by atoms with Crippen LogP contribution in [0.1, 0.15) is 20.7 Å². The lowest BCUT2D eigenvalue weighted by atomic mass is 10.2. The number of thiocarbonyl (C=S) groups is 2. The third-order valence-electron chi connectivity index (χ3n) is 4.40. The molecule has 0 heterocycles. The summed E-state index contributed by atoms with van der Waals surface area (Å²) in [6.07, 6.45) is 0. The molecule has 0 aliphatic carbocycles. The molecule has 0 radical (unpaired) electrons. The third-order valence-corrected chi connectivity index (χ3v) is 4.80. The van der Waals surface area contributed by atoms with Crippen molar-refractivity contribution in [2.75, 3.05) is 21.3 Å². The van der Waals surface area contributed by atoms with Crippen molar-refractivity contribution in [2.24, 2.45) is 0 Å². The molecular formula is C22H18N4O6S2. The fourth-order valence-electron chi connectivity index (χ4n) is 2.85. The van der Waals surface area contributed by atoms with E-state index in [0.717, 1.165) is 0 Å². The van der Waals surface area contributed by atoms with Crippen LogP contribution >= 0.6 is 24.4 Å². The van der Waals surface area contributed by atoms with E-state index in [1.165, 1.54) is 36.4 Å². The van der Waals surface area contributed by atoms with Gasteiger partial charge >= 0.3 is 11.9 Å². The van der Waals surface area contributed by atoms with Crippen molar-refractivity contribution in [1.29, 1.82) is 0 Å². The van der Waals surface area contributed by atoms with Crippen LogP contribution in [-0.4, -0.2) is 42.6 Å². The summed E-state index contributed by atoms with van der Waals surface area (Å²) in [5.74, 6) is -3.30. The summed E-state index contributed by atoms with van der Waals surface area (Å²) in [5, 5.41) is 49.7. The second kappa shape index (κ2) is 10.5. The molecule has 3 rings (SSSR count). The molecule has 3 aromatic rings. The molecular weight excluding hydrogens is 480 g/mol. The molecule has 0 saturated heterocycles. The first kappa shape index (κ1) is 24.2. The lowest BCUT2D eigenvalue weighted by Crippen LogP contribution is -2.23. The highest BCUT2D eigenvalue weighted by atomic mass is 32.1. The Labute approximate surface area is 203 Å². The van der Waals surface area contributed by atoms with Crippen LogP contribution in [0, 0.1) is 0 Å². The number of aromatic carboxylic acids is 2. The summed E-state index contributed by atoms with van der Waals surface area (Å²) >= 11 is 10.6. The van der Waals surface area contributed by atoms with Crippen molar-refractivity contribution in [3.05, 3.63) is 71.8 Å². The van der Waals surface area contributed by atoms with E-state index in [1.807, 2.05) is 0 Å². The molecule has 0 fully saturated rings. The topological polar surface area (TPSA) is 163 Å². The van der Waals surface area contributed by atoms with Crippen molar-refractivity contribution in [1.82, 2.24) is 0 Å². The van der Waals surface area contributed by atoms with Gasteiger partial charge in [0.2, 0.25) is 0 Å². The first-order valence-electron chi connectivity index (χ1n) is 9.51. The van der Waals surface area contributed by atoms with Gasteiger partial charge in [-0.2, -0.15) is 0 Å². The number of hydrogen-bond donors (Lipinski definition) is 8. The SMILES string of the molecule is O=C(O)c1ccc(NC(=S)Nc2ccccc2NC(=S)Nc2ccc(C(=O)O)c(O)c2)cc1O. The highest BCUT2D eigenvalue weighted by Gasteiger charge is 2.12. The molecule has 12 heteroatoms. The smallest absolute Gasteiger partial charge is 0.339 e. The Kier molecular flexibility index (Phi) is 7.46. The Balaban J connectivity index is 1.66. The van der Waals surface area contributed by atoms with E-state index in [1.54, 1.807) is 24.3 Å². The van der Waals surface area contributed by atoms with Crippen LogP contribution in [0.5, 0.6) is 11.5 Å². The van der Waals surface area contributed by atoms with Crippen LogP contribution in [0.25, 0.3) is 0 Å². The number of aromatic hydroxyl groups is 2. The van der Waals surface area contributed by atoms with E-state index in [-0.39, 0.29) is 21.4 Å². The molecule has 0 bridgehead atoms. The Morgan fingerprint density at radius 3 is 1.32 bits per heavy atom. The van der Waals surface area contributed by atoms with Crippen LogP contribution < -0.4 is 21.3 Å². The largest absolute Gasteiger partial charge is 0.507 e. The Morgan fingerprint density at radius 1 is 0.618 bits per heavy atom. The Bertz CT molecular complexity index is 1200. The summed E-state index contributed by atoms with van der Waals surface area (Å²) in [5.41, 5.74) is 1.41. The molecule has 0 atom stereocenters. The maximum Gasteiger partial charge on any atom is 0.339 e. The second-order valence-corrected chi connectivity index (χ2v) is 7.59. The van der Waals surface area contributed by atoms with E-state index < -0.39 is 23.4 Å². The van der Waals surface area contributed by atoms with Gasteiger partial charge in [0, 0.05) is 23.5 Å². The van der Waals surface area contributed by atoms with Crippen LogP contribution in [-0.2, 0) is 0 Å². The van der Waals surface area contributed by atoms with Crippen molar-refractivity contribution < 1.29 is 30.0 Å². The number of carbonyl (C=O) groups is 2. The van der Waals surface area contributed by atoms with Crippen LogP contribution in [0.3, 0.4) is 0 Å². The fourth-order valence-corrected chi connectivity index (χ4v) is 3.31. The zero-order valence-electron chi connectivity index (χ0n) is 17.2. The highest BCUT2D eigenvalue weighted by molar-refractivity contribution is 7.81. The third kappa shape index (κ3) is 6.09. The number of benzene rings is 3. The summed E-state index contributed by atoms with van der Waals surface area (Å²) in [7, 11) is 0. The molecule has 0 saturated carbocycles. The standard InChI is InChI=1S/C22H18N4O6S2/c27-17-9-11(5-7-13(17)19(29)30)23-21(33)25-15-3-1-2-4-16(15)26-22(34)24-12-6-8-14(20(31)32)18(28)10-12/h1-10,27-28H,(H,29,30)(H,31,32)(H2,23,25,33)(H2,24,26,34). The number of anilines is 4. The van der Waals surface area contributed by atoms with Crippen LogP contribution in [0.2, 0.25) is 0 Å². The number of para-hydroxylation sites is 2. The average Bonchev–Trinajstić information content (AvgIpc) is 2.74. The minimum Gasteiger partial charge on any atom is -0.507 e. The molecule has 0 unspecified atom stereocenters. The van der Waals surface area contributed by atoms with Crippen LogP contribution in [0.15, 0.2) is 60.7 Å². The monoisotopic (exact) mass is 498 g/mol. The molecule has 10 nitrogen and oxygen atoms in total. The number of carboxylic acids is 2. The number of hydrogen-bond acceptors (Lipinski definition) is 6. The molecule has 0 aliphatic rings. The first-order valence-corrected chi connectivity index (χ1v) is 10.3. The molecule has 0 aromatic heterocycles. The number of phenols is 2. The summed E-state index contributed by atoms with van der Waals surface area (Å²) in [6.45, 7) is 0. The number of carboxylic acid groups (broad SMARTS) is 2. The lowest BCUT2D eigenvalue weighted by molar-refractivity contribution is 0.0682. The van der Waals surface area contributed by atoms with E-state index in [9.17, 15) is 19.8 Å². The van der Waals surface area contributed by atoms with Gasteiger partial charge < -0.3 is 41.7 Å².